The van der Waals surface area contributed by atoms with E-state index in [1.165, 1.54) is 4.90 Å². The van der Waals surface area contributed by atoms with Gasteiger partial charge in [0.05, 0.1) is 18.2 Å². The molecule has 0 bridgehead atoms. The molecule has 0 radical (unpaired) electrons. The maximum absolute atomic E-state index is 12.2. The first-order chi connectivity index (χ1) is 9.63. The Kier molecular flexibility index (Phi) is 5.28. The number of imide groups is 1. The number of aliphatic hydroxyl groups excluding tert-OH is 1. The maximum Gasteiger partial charge on any atom is 0.251 e. The van der Waals surface area contributed by atoms with Crippen LogP contribution in [0.3, 0.4) is 0 Å². The molecule has 1 aromatic rings. The average Bonchev–Trinajstić information content (AvgIpc) is 2.71. The highest BCUT2D eigenvalue weighted by atomic mass is 79.9. The number of nitrogens with zero attached hydrogens (tertiary/aromatic N) is 1. The molecule has 0 spiro atoms. The van der Waals surface area contributed by atoms with E-state index in [9.17, 15) is 9.59 Å². The zero-order valence-corrected chi connectivity index (χ0v) is 12.6. The second kappa shape index (κ2) is 6.97. The normalized spacial score (nSPS) is 18.9. The lowest BCUT2D eigenvalue weighted by Crippen LogP contribution is -2.39. The van der Waals surface area contributed by atoms with Crippen molar-refractivity contribution in [3.8, 4) is 0 Å². The van der Waals surface area contributed by atoms with Crippen LogP contribution in [0.1, 0.15) is 19.3 Å². The number of benzene rings is 1. The molecular formula is C14H17BrN2O3. The standard InChI is InChI=1S/C14H17BrN2O3/c15-10-3-5-11(6-4-10)17-13(19)9-12(14(17)20)16-7-1-2-8-18/h3-6,12,16,18H,1-2,7-9H2/t12-/m0/s1. The zero-order valence-electron chi connectivity index (χ0n) is 11.0. The Bertz CT molecular complexity index is 490. The Morgan fingerprint density at radius 2 is 1.95 bits per heavy atom. The Balaban J connectivity index is 2.00. The number of hydrogen-bond acceptors (Lipinski definition) is 4. The van der Waals surface area contributed by atoms with E-state index in [4.69, 9.17) is 5.11 Å². The molecule has 6 heteroatoms. The fraction of sp³-hybridized carbons (Fsp3) is 0.429. The van der Waals surface area contributed by atoms with Gasteiger partial charge < -0.3 is 10.4 Å². The summed E-state index contributed by atoms with van der Waals surface area (Å²) in [5.41, 5.74) is 0.600. The van der Waals surface area contributed by atoms with Crippen LogP contribution in [0.5, 0.6) is 0 Å². The highest BCUT2D eigenvalue weighted by Gasteiger charge is 2.38. The number of nitrogens with one attached hydrogen (secondary N) is 1. The number of carbonyl (C=O) groups is 2. The quantitative estimate of drug-likeness (QED) is 0.607. The van der Waals surface area contributed by atoms with Crippen LogP contribution in [0.25, 0.3) is 0 Å². The monoisotopic (exact) mass is 340 g/mol. The van der Waals surface area contributed by atoms with Crippen molar-refractivity contribution in [2.24, 2.45) is 0 Å². The molecule has 108 valence electrons. The van der Waals surface area contributed by atoms with E-state index in [2.05, 4.69) is 21.2 Å². The van der Waals surface area contributed by atoms with Crippen molar-refractivity contribution in [1.82, 2.24) is 5.32 Å². The maximum atomic E-state index is 12.2. The van der Waals surface area contributed by atoms with Gasteiger partial charge in [0.25, 0.3) is 5.91 Å². The van der Waals surface area contributed by atoms with Gasteiger partial charge in [0.2, 0.25) is 5.91 Å². The molecule has 1 saturated heterocycles. The molecule has 0 unspecified atom stereocenters. The summed E-state index contributed by atoms with van der Waals surface area (Å²) in [4.78, 5) is 25.5. The summed E-state index contributed by atoms with van der Waals surface area (Å²) < 4.78 is 0.902. The number of hydrogen-bond donors (Lipinski definition) is 2. The van der Waals surface area contributed by atoms with Gasteiger partial charge in [-0.2, -0.15) is 0 Å². The molecule has 1 aliphatic rings. The molecule has 1 heterocycles. The van der Waals surface area contributed by atoms with Crippen LogP contribution in [0.15, 0.2) is 28.7 Å². The summed E-state index contributed by atoms with van der Waals surface area (Å²) in [6.07, 6.45) is 1.67. The third kappa shape index (κ3) is 3.45. The first kappa shape index (κ1) is 15.2. The van der Waals surface area contributed by atoms with E-state index >= 15 is 0 Å². The van der Waals surface area contributed by atoms with Gasteiger partial charge in [-0.15, -0.1) is 0 Å². The van der Waals surface area contributed by atoms with E-state index in [0.717, 1.165) is 10.9 Å². The van der Waals surface area contributed by atoms with Gasteiger partial charge in [-0.1, -0.05) is 15.9 Å². The lowest BCUT2D eigenvalue weighted by Gasteiger charge is -2.15. The van der Waals surface area contributed by atoms with Gasteiger partial charge in [0.15, 0.2) is 0 Å². The van der Waals surface area contributed by atoms with E-state index in [-0.39, 0.29) is 24.8 Å². The molecule has 2 N–H and O–H groups in total. The summed E-state index contributed by atoms with van der Waals surface area (Å²) in [7, 11) is 0. The van der Waals surface area contributed by atoms with Crippen molar-refractivity contribution in [3.63, 3.8) is 0 Å². The van der Waals surface area contributed by atoms with Crippen LogP contribution in [-0.2, 0) is 9.59 Å². The highest BCUT2D eigenvalue weighted by molar-refractivity contribution is 9.10. The number of aliphatic hydroxyl groups is 1. The van der Waals surface area contributed by atoms with Crippen LogP contribution in [0, 0.1) is 0 Å². The molecule has 1 aliphatic heterocycles. The van der Waals surface area contributed by atoms with Crippen LogP contribution < -0.4 is 10.2 Å². The minimum atomic E-state index is -0.454. The van der Waals surface area contributed by atoms with Gasteiger partial charge in [0, 0.05) is 11.1 Å². The number of amides is 2. The molecule has 5 nitrogen and oxygen atoms in total. The highest BCUT2D eigenvalue weighted by Crippen LogP contribution is 2.24. The summed E-state index contributed by atoms with van der Waals surface area (Å²) in [5.74, 6) is -0.390. The molecule has 1 aromatic carbocycles. The number of carbonyl (C=O) groups excluding carboxylic acids is 2. The van der Waals surface area contributed by atoms with Crippen molar-refractivity contribution in [1.29, 1.82) is 0 Å². The first-order valence-electron chi connectivity index (χ1n) is 6.60. The van der Waals surface area contributed by atoms with Gasteiger partial charge in [-0.25, -0.2) is 4.90 Å². The van der Waals surface area contributed by atoms with E-state index in [1.54, 1.807) is 24.3 Å². The Labute approximate surface area is 126 Å². The molecule has 1 fully saturated rings. The molecule has 0 saturated carbocycles. The van der Waals surface area contributed by atoms with E-state index in [0.29, 0.717) is 18.7 Å². The second-order valence-electron chi connectivity index (χ2n) is 4.69. The summed E-state index contributed by atoms with van der Waals surface area (Å²) >= 11 is 3.32. The molecule has 0 aromatic heterocycles. The van der Waals surface area contributed by atoms with Gasteiger partial charge >= 0.3 is 0 Å². The second-order valence-corrected chi connectivity index (χ2v) is 5.60. The van der Waals surface area contributed by atoms with Gasteiger partial charge in [0.1, 0.15) is 0 Å². The van der Waals surface area contributed by atoms with E-state index in [1.807, 2.05) is 0 Å². The lowest BCUT2D eigenvalue weighted by molar-refractivity contribution is -0.121. The van der Waals surface area contributed by atoms with Crippen molar-refractivity contribution >= 4 is 33.4 Å². The predicted molar refractivity (Wildman–Crippen MR) is 79.4 cm³/mol. The summed E-state index contributed by atoms with van der Waals surface area (Å²) in [6, 6.07) is 6.64. The predicted octanol–water partition coefficient (Wildman–Crippen LogP) is 1.44. The third-order valence-corrected chi connectivity index (χ3v) is 3.74. The average molecular weight is 341 g/mol. The van der Waals surface area contributed by atoms with Crippen LogP contribution in [0.2, 0.25) is 0 Å². The molecule has 0 aliphatic carbocycles. The largest absolute Gasteiger partial charge is 0.396 e. The minimum absolute atomic E-state index is 0.143. The zero-order chi connectivity index (χ0) is 14.5. The molecular weight excluding hydrogens is 324 g/mol. The van der Waals surface area contributed by atoms with Crippen molar-refractivity contribution in [2.75, 3.05) is 18.1 Å². The SMILES string of the molecule is O=C1C[C@H](NCCCCO)C(=O)N1c1ccc(Br)cc1. The number of rotatable bonds is 6. The third-order valence-electron chi connectivity index (χ3n) is 3.21. The van der Waals surface area contributed by atoms with Gasteiger partial charge in [-0.05, 0) is 43.7 Å². The first-order valence-corrected chi connectivity index (χ1v) is 7.39. The molecule has 2 amide bonds. The topological polar surface area (TPSA) is 69.6 Å². The van der Waals surface area contributed by atoms with Crippen molar-refractivity contribution in [2.45, 2.75) is 25.3 Å². The summed E-state index contributed by atoms with van der Waals surface area (Å²) in [6.45, 7) is 0.767. The van der Waals surface area contributed by atoms with Gasteiger partial charge in [-0.3, -0.25) is 9.59 Å². The molecule has 2 rings (SSSR count). The van der Waals surface area contributed by atoms with Crippen molar-refractivity contribution < 1.29 is 14.7 Å². The number of unbranched alkanes of at least 4 members (excludes halogenated alkanes) is 1. The lowest BCUT2D eigenvalue weighted by atomic mass is 10.2. The molecule has 1 atom stereocenters. The Morgan fingerprint density at radius 1 is 1.25 bits per heavy atom. The Hall–Kier alpha value is -1.24. The van der Waals surface area contributed by atoms with Crippen LogP contribution in [0.4, 0.5) is 5.69 Å². The smallest absolute Gasteiger partial charge is 0.251 e. The minimum Gasteiger partial charge on any atom is -0.396 e. The number of halogens is 1. The Morgan fingerprint density at radius 3 is 2.60 bits per heavy atom. The summed E-state index contributed by atoms with van der Waals surface area (Å²) in [5, 5.41) is 11.8. The van der Waals surface area contributed by atoms with Crippen LogP contribution in [-0.4, -0.2) is 36.1 Å². The fourth-order valence-electron chi connectivity index (χ4n) is 2.17. The van der Waals surface area contributed by atoms with Crippen LogP contribution >= 0.6 is 15.9 Å². The fourth-order valence-corrected chi connectivity index (χ4v) is 2.43. The van der Waals surface area contributed by atoms with Crippen molar-refractivity contribution in [3.05, 3.63) is 28.7 Å². The number of anilines is 1. The van der Waals surface area contributed by atoms with E-state index < -0.39 is 6.04 Å². The molecule has 20 heavy (non-hydrogen) atoms.